The van der Waals surface area contributed by atoms with Crippen molar-refractivity contribution in [3.05, 3.63) is 71.3 Å². The van der Waals surface area contributed by atoms with Gasteiger partial charge in [0.05, 0.1) is 0 Å². The van der Waals surface area contributed by atoms with Gasteiger partial charge in [0.2, 0.25) is 0 Å². The fourth-order valence-electron chi connectivity index (χ4n) is 1.58. The molecule has 4 heteroatoms. The van der Waals surface area contributed by atoms with Crippen molar-refractivity contribution in [1.82, 2.24) is 0 Å². The van der Waals surface area contributed by atoms with Gasteiger partial charge >= 0.3 is 119 Å². The average molecular weight is 345 g/mol. The number of hydrogen-bond acceptors (Lipinski definition) is 3. The molecule has 0 fully saturated rings. The fourth-order valence-corrected chi connectivity index (χ4v) is 1.97. The van der Waals surface area contributed by atoms with Gasteiger partial charge in [0, 0.05) is 0 Å². The molecule has 2 radical (unpaired) electrons. The van der Waals surface area contributed by atoms with Crippen LogP contribution in [0.25, 0.3) is 0 Å². The molecule has 0 saturated carbocycles. The molecule has 0 heterocycles. The second-order valence-electron chi connectivity index (χ2n) is 3.68. The molecule has 0 bridgehead atoms. The van der Waals surface area contributed by atoms with Crippen molar-refractivity contribution in [3.63, 3.8) is 0 Å². The summed E-state index contributed by atoms with van der Waals surface area (Å²) in [5.74, 6) is -0.406. The SMILES string of the molecule is O=C([O][SnH])c1ccc(C(=O)c2ccccc2)cc1. The Labute approximate surface area is 118 Å². The third-order valence-corrected chi connectivity index (χ3v) is 3.14. The van der Waals surface area contributed by atoms with Crippen LogP contribution in [0, 0.1) is 0 Å². The van der Waals surface area contributed by atoms with Crippen LogP contribution in [0.1, 0.15) is 26.3 Å². The number of carbonyl (C=O) groups excluding carboxylic acids is 2. The van der Waals surface area contributed by atoms with Crippen LogP contribution < -0.4 is 0 Å². The summed E-state index contributed by atoms with van der Waals surface area (Å²) in [5.41, 5.74) is 1.66. The van der Waals surface area contributed by atoms with Gasteiger partial charge in [0.25, 0.3) is 0 Å². The van der Waals surface area contributed by atoms with Crippen molar-refractivity contribution >= 4 is 34.7 Å². The van der Waals surface area contributed by atoms with E-state index in [1.807, 2.05) is 18.2 Å². The van der Waals surface area contributed by atoms with Gasteiger partial charge in [-0.25, -0.2) is 0 Å². The third kappa shape index (κ3) is 2.79. The van der Waals surface area contributed by atoms with E-state index in [0.29, 0.717) is 39.6 Å². The summed E-state index contributed by atoms with van der Waals surface area (Å²) in [7, 11) is 0. The molecular formula is C14H10O3Sn. The van der Waals surface area contributed by atoms with E-state index < -0.39 is 0 Å². The zero-order valence-corrected chi connectivity index (χ0v) is 12.8. The third-order valence-electron chi connectivity index (χ3n) is 2.53. The van der Waals surface area contributed by atoms with E-state index in [-0.39, 0.29) is 11.8 Å². The molecule has 18 heavy (non-hydrogen) atoms. The number of ketones is 1. The van der Waals surface area contributed by atoms with Crippen molar-refractivity contribution < 1.29 is 12.7 Å². The molecule has 0 amide bonds. The second kappa shape index (κ2) is 5.82. The molecule has 0 N–H and O–H groups in total. The molecule has 0 spiro atoms. The summed E-state index contributed by atoms with van der Waals surface area (Å²) < 4.78 is 4.73. The summed E-state index contributed by atoms with van der Waals surface area (Å²) >= 11 is 0.427. The number of benzene rings is 2. The van der Waals surface area contributed by atoms with Gasteiger partial charge in [-0.3, -0.25) is 0 Å². The predicted octanol–water partition coefficient (Wildman–Crippen LogP) is 1.89. The van der Waals surface area contributed by atoms with Gasteiger partial charge < -0.3 is 0 Å². The zero-order chi connectivity index (χ0) is 13.0. The maximum absolute atomic E-state index is 12.1. The van der Waals surface area contributed by atoms with Gasteiger partial charge in [0.1, 0.15) is 0 Å². The molecule has 88 valence electrons. The molecule has 2 aromatic rings. The quantitative estimate of drug-likeness (QED) is 0.631. The topological polar surface area (TPSA) is 43.4 Å². The molecule has 0 aliphatic carbocycles. The van der Waals surface area contributed by atoms with Crippen molar-refractivity contribution in [3.8, 4) is 0 Å². The molecule has 3 nitrogen and oxygen atoms in total. The molecule has 0 aliphatic rings. The van der Waals surface area contributed by atoms with Crippen LogP contribution in [0.5, 0.6) is 0 Å². The Morgan fingerprint density at radius 1 is 0.778 bits per heavy atom. The van der Waals surface area contributed by atoms with Crippen LogP contribution in [0.15, 0.2) is 54.6 Å². The molecular weight excluding hydrogens is 335 g/mol. The second-order valence-corrected chi connectivity index (χ2v) is 4.35. The van der Waals surface area contributed by atoms with Gasteiger partial charge in [-0.2, -0.15) is 0 Å². The van der Waals surface area contributed by atoms with E-state index >= 15 is 0 Å². The standard InChI is InChI=1S/C14H10O3.Sn.H/c15-13(10-4-2-1-3-5-10)11-6-8-12(9-7-11)14(16)17;;/h1-9H,(H,16,17);;/q;+1;/p-1. The van der Waals surface area contributed by atoms with Gasteiger partial charge in [-0.1, -0.05) is 0 Å². The molecule has 0 aromatic heterocycles. The Hall–Kier alpha value is -1.62. The zero-order valence-electron chi connectivity index (χ0n) is 9.50. The summed E-state index contributed by atoms with van der Waals surface area (Å²) in [6.45, 7) is 0. The number of carbonyl (C=O) groups is 2. The number of rotatable bonds is 3. The molecule has 2 aromatic carbocycles. The summed E-state index contributed by atoms with van der Waals surface area (Å²) in [5, 5.41) is 0. The van der Waals surface area contributed by atoms with E-state index in [9.17, 15) is 9.59 Å². The summed E-state index contributed by atoms with van der Waals surface area (Å²) in [4.78, 5) is 23.4. The van der Waals surface area contributed by atoms with Crippen LogP contribution in [-0.2, 0) is 3.07 Å². The van der Waals surface area contributed by atoms with Gasteiger partial charge in [-0.05, 0) is 0 Å². The van der Waals surface area contributed by atoms with Crippen LogP contribution in [0.4, 0.5) is 0 Å². The minimum atomic E-state index is -0.351. The Kier molecular flexibility index (Phi) is 4.15. The first-order chi connectivity index (χ1) is 8.72. The van der Waals surface area contributed by atoms with Crippen molar-refractivity contribution in [2.45, 2.75) is 0 Å². The van der Waals surface area contributed by atoms with E-state index in [1.54, 1.807) is 36.4 Å². The Morgan fingerprint density at radius 2 is 1.28 bits per heavy atom. The van der Waals surface area contributed by atoms with Crippen LogP contribution in [-0.4, -0.2) is 34.7 Å². The minimum absolute atomic E-state index is 0.0548. The first-order valence-corrected chi connectivity index (χ1v) is 6.68. The van der Waals surface area contributed by atoms with Crippen LogP contribution in [0.2, 0.25) is 0 Å². The predicted molar refractivity (Wildman–Crippen MR) is 68.9 cm³/mol. The van der Waals surface area contributed by atoms with Crippen molar-refractivity contribution in [2.24, 2.45) is 0 Å². The average Bonchev–Trinajstić information content (AvgIpc) is 2.47. The van der Waals surface area contributed by atoms with Crippen LogP contribution in [0.3, 0.4) is 0 Å². The molecule has 0 unspecified atom stereocenters. The Bertz CT molecular complexity index is 561. The monoisotopic (exact) mass is 346 g/mol. The molecule has 0 saturated heterocycles. The first kappa shape index (κ1) is 12.8. The van der Waals surface area contributed by atoms with Gasteiger partial charge in [0.15, 0.2) is 0 Å². The van der Waals surface area contributed by atoms with Crippen LogP contribution >= 0.6 is 0 Å². The molecule has 0 aliphatic heterocycles. The van der Waals surface area contributed by atoms with Crippen molar-refractivity contribution in [2.75, 3.05) is 0 Å². The number of hydrogen-bond donors (Lipinski definition) is 0. The maximum atomic E-state index is 12.1. The van der Waals surface area contributed by atoms with E-state index in [4.69, 9.17) is 3.07 Å². The normalized spacial score (nSPS) is 9.83. The molecule has 2 rings (SSSR count). The van der Waals surface area contributed by atoms with E-state index in [0.717, 1.165) is 0 Å². The first-order valence-electron chi connectivity index (χ1n) is 5.33. The van der Waals surface area contributed by atoms with E-state index in [1.165, 1.54) is 0 Å². The Morgan fingerprint density at radius 3 is 1.83 bits per heavy atom. The summed E-state index contributed by atoms with van der Waals surface area (Å²) in [6.07, 6.45) is 0. The summed E-state index contributed by atoms with van der Waals surface area (Å²) in [6, 6.07) is 15.5. The molecule has 0 atom stereocenters. The van der Waals surface area contributed by atoms with Gasteiger partial charge in [-0.15, -0.1) is 0 Å². The van der Waals surface area contributed by atoms with Crippen molar-refractivity contribution in [1.29, 1.82) is 0 Å². The fraction of sp³-hybridized carbons (Fsp3) is 0. The van der Waals surface area contributed by atoms with E-state index in [2.05, 4.69) is 0 Å². The Balaban J connectivity index is 2.25.